The number of benzene rings is 1. The minimum atomic E-state index is 0. The summed E-state index contributed by atoms with van der Waals surface area (Å²) in [5.74, 6) is 4.30. The lowest BCUT2D eigenvalue weighted by Gasteiger charge is -1.99. The third-order valence-corrected chi connectivity index (χ3v) is 4.80. The lowest BCUT2D eigenvalue weighted by molar-refractivity contribution is -0.00000248. The molecule has 1 aliphatic rings. The van der Waals surface area contributed by atoms with E-state index in [1.807, 2.05) is 0 Å². The largest absolute Gasteiger partial charge is 1.00 e. The van der Waals surface area contributed by atoms with Crippen LogP contribution in [0, 0.1) is 0 Å². The third kappa shape index (κ3) is 3.35. The van der Waals surface area contributed by atoms with Gasteiger partial charge in [0, 0.05) is 5.56 Å². The Bertz CT molecular complexity index is 229. The molecule has 0 aliphatic carbocycles. The Hall–Kier alpha value is 0.0500. The van der Waals surface area contributed by atoms with Crippen molar-refractivity contribution in [2.75, 3.05) is 11.5 Å². The van der Waals surface area contributed by atoms with E-state index in [9.17, 15) is 0 Å². The zero-order chi connectivity index (χ0) is 8.23. The summed E-state index contributed by atoms with van der Waals surface area (Å²) >= 11 is 0. The Kier molecular flexibility index (Phi) is 4.89. The van der Waals surface area contributed by atoms with Crippen LogP contribution in [-0.2, 0) is 16.6 Å². The molecule has 0 atom stereocenters. The van der Waals surface area contributed by atoms with E-state index in [1.54, 1.807) is 0 Å². The highest BCUT2D eigenvalue weighted by Gasteiger charge is 2.23. The van der Waals surface area contributed by atoms with Crippen molar-refractivity contribution >= 4 is 10.9 Å². The summed E-state index contributed by atoms with van der Waals surface area (Å²) in [5.41, 5.74) is 1.53. The first-order valence-electron chi connectivity index (χ1n) is 4.63. The van der Waals surface area contributed by atoms with Crippen LogP contribution >= 0.6 is 0 Å². The van der Waals surface area contributed by atoms with E-state index in [4.69, 9.17) is 0 Å². The van der Waals surface area contributed by atoms with Crippen LogP contribution in [0.1, 0.15) is 18.4 Å². The quantitative estimate of drug-likeness (QED) is 0.634. The molecule has 0 unspecified atom stereocenters. The maximum Gasteiger partial charge on any atom is 0.133 e. The topological polar surface area (TPSA) is 0 Å². The highest BCUT2D eigenvalue weighted by molar-refractivity contribution is 7.96. The van der Waals surface area contributed by atoms with Gasteiger partial charge in [-0.2, -0.15) is 0 Å². The molecule has 0 bridgehead atoms. The molecule has 0 amide bonds. The van der Waals surface area contributed by atoms with Gasteiger partial charge in [0.05, 0.1) is 0 Å². The predicted molar refractivity (Wildman–Crippen MR) is 56.5 cm³/mol. The van der Waals surface area contributed by atoms with Crippen molar-refractivity contribution in [3.05, 3.63) is 35.9 Å². The van der Waals surface area contributed by atoms with E-state index >= 15 is 0 Å². The highest BCUT2D eigenvalue weighted by Crippen LogP contribution is 2.18. The Morgan fingerprint density at radius 1 is 1.00 bits per heavy atom. The maximum atomic E-state index is 2.26. The number of hydrogen-bond donors (Lipinski definition) is 0. The second kappa shape index (κ2) is 5.71. The molecule has 13 heavy (non-hydrogen) atoms. The van der Waals surface area contributed by atoms with E-state index < -0.39 is 0 Å². The summed E-state index contributed by atoms with van der Waals surface area (Å²) in [6.45, 7) is 0. The van der Waals surface area contributed by atoms with Crippen LogP contribution in [0.5, 0.6) is 0 Å². The predicted octanol–water partition coefficient (Wildman–Crippen LogP) is -0.397. The van der Waals surface area contributed by atoms with Crippen molar-refractivity contribution in [2.24, 2.45) is 0 Å². The molecule has 0 radical (unpaired) electrons. The number of rotatable bonds is 2. The molecular formula is C11H15BrS. The third-order valence-electron chi connectivity index (χ3n) is 2.33. The zero-order valence-electron chi connectivity index (χ0n) is 7.71. The van der Waals surface area contributed by atoms with E-state index in [-0.39, 0.29) is 17.0 Å². The van der Waals surface area contributed by atoms with Gasteiger partial charge < -0.3 is 17.0 Å². The van der Waals surface area contributed by atoms with Gasteiger partial charge >= 0.3 is 0 Å². The lowest BCUT2D eigenvalue weighted by atomic mass is 10.2. The van der Waals surface area contributed by atoms with E-state index in [0.29, 0.717) is 0 Å². The van der Waals surface area contributed by atoms with Gasteiger partial charge in [-0.1, -0.05) is 30.3 Å². The Balaban J connectivity index is 0.000000845. The summed E-state index contributed by atoms with van der Waals surface area (Å²) in [6, 6.07) is 10.9. The highest BCUT2D eigenvalue weighted by atomic mass is 79.9. The van der Waals surface area contributed by atoms with Gasteiger partial charge in [-0.15, -0.1) is 0 Å². The van der Waals surface area contributed by atoms with E-state index in [2.05, 4.69) is 30.3 Å². The van der Waals surface area contributed by atoms with Crippen LogP contribution in [0.4, 0.5) is 0 Å². The first-order chi connectivity index (χ1) is 5.95. The minimum absolute atomic E-state index is 0. The summed E-state index contributed by atoms with van der Waals surface area (Å²) in [6.07, 6.45) is 2.94. The van der Waals surface area contributed by atoms with Gasteiger partial charge in [0.15, 0.2) is 0 Å². The van der Waals surface area contributed by atoms with Gasteiger partial charge in [-0.25, -0.2) is 0 Å². The average molecular weight is 259 g/mol. The van der Waals surface area contributed by atoms with Crippen molar-refractivity contribution in [1.29, 1.82) is 0 Å². The second-order valence-corrected chi connectivity index (χ2v) is 5.69. The Morgan fingerprint density at radius 2 is 1.62 bits per heavy atom. The zero-order valence-corrected chi connectivity index (χ0v) is 10.1. The van der Waals surface area contributed by atoms with Gasteiger partial charge in [0.2, 0.25) is 0 Å². The molecule has 0 N–H and O–H groups in total. The molecular weight excluding hydrogens is 244 g/mol. The van der Waals surface area contributed by atoms with Crippen molar-refractivity contribution in [1.82, 2.24) is 0 Å². The fraction of sp³-hybridized carbons (Fsp3) is 0.455. The summed E-state index contributed by atoms with van der Waals surface area (Å²) in [4.78, 5) is 0. The van der Waals surface area contributed by atoms with Crippen LogP contribution in [0.15, 0.2) is 30.3 Å². The number of halogens is 1. The van der Waals surface area contributed by atoms with Crippen LogP contribution in [-0.4, -0.2) is 11.5 Å². The Labute approximate surface area is 93.9 Å². The molecule has 2 rings (SSSR count). The van der Waals surface area contributed by atoms with Crippen molar-refractivity contribution in [2.45, 2.75) is 18.6 Å². The van der Waals surface area contributed by atoms with Gasteiger partial charge in [0.1, 0.15) is 17.3 Å². The first-order valence-corrected chi connectivity index (χ1v) is 6.36. The van der Waals surface area contributed by atoms with Gasteiger partial charge in [-0.05, 0) is 23.7 Å². The van der Waals surface area contributed by atoms with E-state index in [1.165, 1.54) is 35.7 Å². The molecule has 72 valence electrons. The normalized spacial score (nSPS) is 16.9. The lowest BCUT2D eigenvalue weighted by Crippen LogP contribution is -3.00. The molecule has 2 heteroatoms. The van der Waals surface area contributed by atoms with Crippen molar-refractivity contribution < 1.29 is 17.0 Å². The van der Waals surface area contributed by atoms with Gasteiger partial charge in [-0.3, -0.25) is 0 Å². The SMILES string of the molecule is [Br-].c1ccc(C[S+]2CCCC2)cc1. The molecule has 0 aromatic heterocycles. The summed E-state index contributed by atoms with van der Waals surface area (Å²) in [7, 11) is 0.722. The van der Waals surface area contributed by atoms with E-state index in [0.717, 1.165) is 10.9 Å². The molecule has 1 aromatic carbocycles. The average Bonchev–Trinajstić information content (AvgIpc) is 2.59. The molecule has 1 saturated heterocycles. The fourth-order valence-electron chi connectivity index (χ4n) is 1.67. The van der Waals surface area contributed by atoms with Crippen LogP contribution in [0.2, 0.25) is 0 Å². The first kappa shape index (κ1) is 11.1. The summed E-state index contributed by atoms with van der Waals surface area (Å²) in [5, 5.41) is 0. The molecule has 0 spiro atoms. The molecule has 1 aliphatic heterocycles. The monoisotopic (exact) mass is 258 g/mol. The maximum absolute atomic E-state index is 2.26. The molecule has 1 aromatic rings. The minimum Gasteiger partial charge on any atom is -1.00 e. The molecule has 0 saturated carbocycles. The van der Waals surface area contributed by atoms with Gasteiger partial charge in [0.25, 0.3) is 0 Å². The van der Waals surface area contributed by atoms with Crippen molar-refractivity contribution in [3.63, 3.8) is 0 Å². The van der Waals surface area contributed by atoms with Crippen LogP contribution < -0.4 is 17.0 Å². The van der Waals surface area contributed by atoms with Crippen LogP contribution in [0.25, 0.3) is 0 Å². The smallest absolute Gasteiger partial charge is 0.133 e. The second-order valence-electron chi connectivity index (χ2n) is 3.36. The van der Waals surface area contributed by atoms with Crippen molar-refractivity contribution in [3.8, 4) is 0 Å². The Morgan fingerprint density at radius 3 is 2.23 bits per heavy atom. The summed E-state index contributed by atoms with van der Waals surface area (Å²) < 4.78 is 0. The van der Waals surface area contributed by atoms with Crippen LogP contribution in [0.3, 0.4) is 0 Å². The fourth-order valence-corrected chi connectivity index (χ4v) is 4.05. The molecule has 0 nitrogen and oxygen atoms in total. The standard InChI is InChI=1S/C11H15S.BrH/c1-2-6-11(7-3-1)10-12-8-4-5-9-12;/h1-3,6-7H,4-5,8-10H2;1H/q+1;/p-1. The molecule has 1 fully saturated rings. The molecule has 1 heterocycles. The number of hydrogen-bond acceptors (Lipinski definition) is 0.